The summed E-state index contributed by atoms with van der Waals surface area (Å²) in [5.74, 6) is 6.37. The van der Waals surface area contributed by atoms with Crippen LogP contribution in [0.25, 0.3) is 0 Å². The molecule has 1 heterocycles. The van der Waals surface area contributed by atoms with Crippen molar-refractivity contribution in [2.24, 2.45) is 0 Å². The van der Waals surface area contributed by atoms with Crippen LogP contribution in [0.2, 0.25) is 0 Å². The van der Waals surface area contributed by atoms with Crippen molar-refractivity contribution in [3.8, 4) is 17.6 Å². The molecule has 2 unspecified atom stereocenters. The van der Waals surface area contributed by atoms with Crippen molar-refractivity contribution < 1.29 is 23.2 Å². The summed E-state index contributed by atoms with van der Waals surface area (Å²) < 4.78 is 32.5. The minimum absolute atomic E-state index is 0.0579. The Labute approximate surface area is 189 Å². The van der Waals surface area contributed by atoms with Crippen molar-refractivity contribution in [1.82, 2.24) is 14.7 Å². The number of carbonyl (C=O) groups excluding carboxylic acids is 1. The molecule has 1 amide bonds. The van der Waals surface area contributed by atoms with Gasteiger partial charge in [-0.15, -0.1) is 0 Å². The van der Waals surface area contributed by atoms with E-state index < -0.39 is 26.7 Å². The summed E-state index contributed by atoms with van der Waals surface area (Å²) in [6, 6.07) is 5.14. The van der Waals surface area contributed by atoms with Gasteiger partial charge in [0.1, 0.15) is 18.4 Å². The number of carbonyl (C=O) groups is 1. The second-order valence-electron chi connectivity index (χ2n) is 7.78. The molecule has 0 aliphatic carbocycles. The van der Waals surface area contributed by atoms with E-state index in [4.69, 9.17) is 9.94 Å². The van der Waals surface area contributed by atoms with Gasteiger partial charge in [0.2, 0.25) is 10.0 Å². The van der Waals surface area contributed by atoms with E-state index in [0.717, 1.165) is 10.8 Å². The van der Waals surface area contributed by atoms with Crippen LogP contribution < -0.4 is 10.2 Å². The summed E-state index contributed by atoms with van der Waals surface area (Å²) in [6.45, 7) is 8.93. The second-order valence-corrected chi connectivity index (χ2v) is 11.4. The summed E-state index contributed by atoms with van der Waals surface area (Å²) in [7, 11) is -1.95. The van der Waals surface area contributed by atoms with Crippen molar-refractivity contribution in [3.63, 3.8) is 0 Å². The number of thioether (sulfide) groups is 1. The maximum atomic E-state index is 13.2. The molecule has 10 heteroatoms. The minimum atomic E-state index is -3.94. The highest BCUT2D eigenvalue weighted by atomic mass is 32.2. The summed E-state index contributed by atoms with van der Waals surface area (Å²) in [4.78, 5) is 14.4. The number of hydrogen-bond acceptors (Lipinski definition) is 7. The number of sulfonamides is 1. The van der Waals surface area contributed by atoms with E-state index in [1.54, 1.807) is 31.5 Å². The first-order chi connectivity index (χ1) is 14.5. The molecule has 2 atom stereocenters. The maximum absolute atomic E-state index is 13.2. The van der Waals surface area contributed by atoms with Gasteiger partial charge < -0.3 is 4.74 Å². The Kier molecular flexibility index (Phi) is 8.80. The lowest BCUT2D eigenvalue weighted by molar-refractivity contribution is -0.134. The van der Waals surface area contributed by atoms with Gasteiger partial charge in [-0.1, -0.05) is 18.8 Å². The first kappa shape index (κ1) is 25.5. The van der Waals surface area contributed by atoms with Crippen LogP contribution in [0.5, 0.6) is 5.75 Å². The lowest BCUT2D eigenvalue weighted by atomic mass is 10.0. The number of nitrogens with one attached hydrogen (secondary N) is 1. The number of hydrogen-bond donors (Lipinski definition) is 2. The fourth-order valence-corrected chi connectivity index (χ4v) is 6.36. The van der Waals surface area contributed by atoms with E-state index in [2.05, 4.69) is 23.7 Å². The van der Waals surface area contributed by atoms with E-state index in [-0.39, 0.29) is 24.1 Å². The van der Waals surface area contributed by atoms with Crippen molar-refractivity contribution in [3.05, 3.63) is 24.3 Å². The van der Waals surface area contributed by atoms with Gasteiger partial charge in [0.15, 0.2) is 0 Å². The SMILES string of the molecule is CCN(C)C(C)C#CCOc1ccc(S(=O)(=O)N2CCSC(C)(C)C2C(=O)NO)cc1. The monoisotopic (exact) mass is 469 g/mol. The molecular formula is C21H31N3O5S2. The van der Waals surface area contributed by atoms with Crippen LogP contribution >= 0.6 is 11.8 Å². The van der Waals surface area contributed by atoms with Crippen LogP contribution in [-0.4, -0.2) is 78.1 Å². The predicted octanol–water partition coefficient (Wildman–Crippen LogP) is 1.80. The molecule has 2 rings (SSSR count). The van der Waals surface area contributed by atoms with Gasteiger partial charge in [0.05, 0.1) is 10.9 Å². The Bertz CT molecular complexity index is 923. The molecule has 0 bridgehead atoms. The third-order valence-corrected chi connectivity index (χ3v) is 8.54. The Balaban J connectivity index is 2.14. The zero-order chi connectivity index (χ0) is 23.2. The molecule has 2 N–H and O–H groups in total. The summed E-state index contributed by atoms with van der Waals surface area (Å²) >= 11 is 1.49. The van der Waals surface area contributed by atoms with Gasteiger partial charge >= 0.3 is 0 Å². The minimum Gasteiger partial charge on any atom is -0.481 e. The number of ether oxygens (including phenoxy) is 1. The molecular weight excluding hydrogens is 438 g/mol. The first-order valence-electron chi connectivity index (χ1n) is 10.1. The molecule has 0 saturated carbocycles. The summed E-state index contributed by atoms with van der Waals surface area (Å²) in [6.07, 6.45) is 0. The lowest BCUT2D eigenvalue weighted by Crippen LogP contribution is -2.61. The van der Waals surface area contributed by atoms with Crippen molar-refractivity contribution in [2.45, 2.75) is 49.4 Å². The average Bonchev–Trinajstić information content (AvgIpc) is 2.74. The molecule has 0 spiro atoms. The lowest BCUT2D eigenvalue weighted by Gasteiger charge is -2.43. The Morgan fingerprint density at radius 2 is 2.06 bits per heavy atom. The third-order valence-electron chi connectivity index (χ3n) is 5.30. The van der Waals surface area contributed by atoms with Gasteiger partial charge in [-0.25, -0.2) is 13.9 Å². The highest BCUT2D eigenvalue weighted by molar-refractivity contribution is 8.00. The molecule has 1 aliphatic rings. The number of nitrogens with zero attached hydrogens (tertiary/aromatic N) is 2. The van der Waals surface area contributed by atoms with E-state index in [1.165, 1.54) is 23.9 Å². The molecule has 1 aromatic rings. The Hall–Kier alpha value is -1.77. The number of rotatable bonds is 7. The van der Waals surface area contributed by atoms with E-state index in [9.17, 15) is 13.2 Å². The van der Waals surface area contributed by atoms with E-state index >= 15 is 0 Å². The van der Waals surface area contributed by atoms with Crippen molar-refractivity contribution in [2.75, 3.05) is 32.5 Å². The fourth-order valence-electron chi connectivity index (χ4n) is 3.26. The Morgan fingerprint density at radius 3 is 2.65 bits per heavy atom. The molecule has 1 aromatic carbocycles. The quantitative estimate of drug-likeness (QED) is 0.357. The highest BCUT2D eigenvalue weighted by Gasteiger charge is 2.48. The molecule has 8 nitrogen and oxygen atoms in total. The molecule has 1 aliphatic heterocycles. The molecule has 31 heavy (non-hydrogen) atoms. The summed E-state index contributed by atoms with van der Waals surface area (Å²) in [5.41, 5.74) is 1.61. The summed E-state index contributed by atoms with van der Waals surface area (Å²) in [5, 5.41) is 9.13. The van der Waals surface area contributed by atoms with Gasteiger partial charge in [-0.2, -0.15) is 16.1 Å². The zero-order valence-corrected chi connectivity index (χ0v) is 20.2. The number of benzene rings is 1. The molecule has 0 aromatic heterocycles. The van der Waals surface area contributed by atoms with Gasteiger partial charge in [0.25, 0.3) is 5.91 Å². The standard InChI is InChI=1S/C21H31N3O5S2/c1-6-23(5)16(2)8-7-14-29-17-9-11-18(12-10-17)31(27,28)24-13-15-30-21(3,4)19(24)20(25)22-26/h9-12,16,19,26H,6,13-15H2,1-5H3,(H,22,25). The van der Waals surface area contributed by atoms with Crippen LogP contribution in [-0.2, 0) is 14.8 Å². The van der Waals surface area contributed by atoms with Gasteiger partial charge in [-0.3, -0.25) is 14.9 Å². The zero-order valence-electron chi connectivity index (χ0n) is 18.6. The van der Waals surface area contributed by atoms with Crippen LogP contribution in [0.4, 0.5) is 0 Å². The number of hydroxylamine groups is 1. The smallest absolute Gasteiger partial charge is 0.263 e. The third kappa shape index (κ3) is 6.14. The second kappa shape index (κ2) is 10.7. The molecule has 0 radical (unpaired) electrons. The van der Waals surface area contributed by atoms with E-state index in [1.807, 2.05) is 14.0 Å². The number of amides is 1. The van der Waals surface area contributed by atoms with Crippen LogP contribution in [0.15, 0.2) is 29.2 Å². The average molecular weight is 470 g/mol. The van der Waals surface area contributed by atoms with Crippen LogP contribution in [0.3, 0.4) is 0 Å². The first-order valence-corrected chi connectivity index (χ1v) is 12.5. The van der Waals surface area contributed by atoms with Crippen LogP contribution in [0, 0.1) is 11.8 Å². The van der Waals surface area contributed by atoms with Gasteiger partial charge in [0, 0.05) is 17.0 Å². The molecule has 172 valence electrons. The molecule has 1 fully saturated rings. The topological polar surface area (TPSA) is 99.2 Å². The van der Waals surface area contributed by atoms with Crippen LogP contribution in [0.1, 0.15) is 27.7 Å². The molecule has 1 saturated heterocycles. The van der Waals surface area contributed by atoms with Crippen molar-refractivity contribution >= 4 is 27.7 Å². The highest BCUT2D eigenvalue weighted by Crippen LogP contribution is 2.38. The Morgan fingerprint density at radius 1 is 1.42 bits per heavy atom. The predicted molar refractivity (Wildman–Crippen MR) is 122 cm³/mol. The van der Waals surface area contributed by atoms with E-state index in [0.29, 0.717) is 11.5 Å². The normalized spacial score (nSPS) is 19.9. The fraction of sp³-hybridized carbons (Fsp3) is 0.571. The van der Waals surface area contributed by atoms with Gasteiger partial charge in [-0.05, 0) is 58.6 Å². The maximum Gasteiger partial charge on any atom is 0.263 e. The van der Waals surface area contributed by atoms with Crippen molar-refractivity contribution in [1.29, 1.82) is 0 Å². The largest absolute Gasteiger partial charge is 0.481 e.